The summed E-state index contributed by atoms with van der Waals surface area (Å²) in [6.45, 7) is 1.13. The maximum absolute atomic E-state index is 11.9. The highest BCUT2D eigenvalue weighted by Gasteiger charge is 2.32. The van der Waals surface area contributed by atoms with Gasteiger partial charge in [0.2, 0.25) is 0 Å². The summed E-state index contributed by atoms with van der Waals surface area (Å²) in [6, 6.07) is 5.38. The molecule has 1 fully saturated rings. The lowest BCUT2D eigenvalue weighted by Gasteiger charge is -2.33. The summed E-state index contributed by atoms with van der Waals surface area (Å²) in [5.41, 5.74) is 0.627. The lowest BCUT2D eigenvalue weighted by molar-refractivity contribution is -0.0906. The molecule has 3 rings (SSSR count). The summed E-state index contributed by atoms with van der Waals surface area (Å²) in [4.78, 5) is 11.9. The van der Waals surface area contributed by atoms with E-state index in [1.165, 1.54) is 0 Å². The van der Waals surface area contributed by atoms with Crippen LogP contribution in [0.25, 0.3) is 11.0 Å². The molecule has 1 aromatic heterocycles. The zero-order valence-electron chi connectivity index (χ0n) is 14.1. The average molecular weight is 336 g/mol. The summed E-state index contributed by atoms with van der Waals surface area (Å²) in [5, 5.41) is 20.6. The molecule has 0 spiro atoms. The Morgan fingerprint density at radius 1 is 1.25 bits per heavy atom. The lowest BCUT2D eigenvalue weighted by atomic mass is 9.88. The van der Waals surface area contributed by atoms with Gasteiger partial charge in [-0.15, -0.1) is 0 Å². The Kier molecular flexibility index (Phi) is 4.67. The maximum Gasteiger partial charge on any atom is 0.328 e. The first-order valence-electron chi connectivity index (χ1n) is 8.16. The third-order valence-corrected chi connectivity index (χ3v) is 4.72. The molecule has 1 aliphatic rings. The maximum atomic E-state index is 11.9. The van der Waals surface area contributed by atoms with Gasteiger partial charge in [0.1, 0.15) is 12.4 Å². The molecule has 1 aromatic carbocycles. The van der Waals surface area contributed by atoms with E-state index in [0.717, 1.165) is 11.0 Å². The fourth-order valence-corrected chi connectivity index (χ4v) is 3.22. The Bertz CT molecular complexity index is 773. The number of benzene rings is 1. The Labute approximate surface area is 140 Å². The Balaban J connectivity index is 1.65. The number of rotatable bonds is 5. The molecule has 7 nitrogen and oxygen atoms in total. The van der Waals surface area contributed by atoms with Gasteiger partial charge in [0.25, 0.3) is 0 Å². The zero-order valence-corrected chi connectivity index (χ0v) is 14.1. The first-order valence-corrected chi connectivity index (χ1v) is 8.16. The molecule has 0 aliphatic carbocycles. The van der Waals surface area contributed by atoms with Gasteiger partial charge in [-0.25, -0.2) is 4.79 Å². The van der Waals surface area contributed by atoms with E-state index in [1.54, 1.807) is 35.4 Å². The van der Waals surface area contributed by atoms with Gasteiger partial charge in [0.15, 0.2) is 0 Å². The third kappa shape index (κ3) is 3.33. The summed E-state index contributed by atoms with van der Waals surface area (Å²) in [5.74, 6) is 0.585. The van der Waals surface area contributed by atoms with Crippen molar-refractivity contribution in [2.45, 2.75) is 31.0 Å². The minimum Gasteiger partial charge on any atom is -0.491 e. The summed E-state index contributed by atoms with van der Waals surface area (Å²) in [6.07, 6.45) is 0.565. The molecule has 1 unspecified atom stereocenters. The molecule has 132 valence electrons. The van der Waals surface area contributed by atoms with Crippen molar-refractivity contribution in [3.05, 3.63) is 28.7 Å². The van der Waals surface area contributed by atoms with Gasteiger partial charge in [-0.3, -0.25) is 9.13 Å². The second kappa shape index (κ2) is 6.58. The Hall–Kier alpha value is -1.83. The molecule has 0 bridgehead atoms. The van der Waals surface area contributed by atoms with Crippen molar-refractivity contribution in [2.75, 3.05) is 19.8 Å². The molecule has 1 aliphatic heterocycles. The number of hydrogen-bond donors (Lipinski definition) is 2. The minimum absolute atomic E-state index is 0.0927. The van der Waals surface area contributed by atoms with Crippen LogP contribution in [0.1, 0.15) is 19.3 Å². The van der Waals surface area contributed by atoms with E-state index in [9.17, 15) is 15.0 Å². The van der Waals surface area contributed by atoms with Crippen molar-refractivity contribution in [1.82, 2.24) is 9.13 Å². The van der Waals surface area contributed by atoms with Crippen LogP contribution in [0, 0.1) is 0 Å². The topological polar surface area (TPSA) is 85.9 Å². The predicted octanol–water partition coefficient (Wildman–Crippen LogP) is 0.548. The number of aromatic nitrogens is 2. The van der Waals surface area contributed by atoms with Crippen molar-refractivity contribution < 1.29 is 19.7 Å². The molecule has 24 heavy (non-hydrogen) atoms. The molecule has 0 radical (unpaired) electrons. The summed E-state index contributed by atoms with van der Waals surface area (Å²) < 4.78 is 14.0. The van der Waals surface area contributed by atoms with Crippen molar-refractivity contribution >= 4 is 11.0 Å². The van der Waals surface area contributed by atoms with E-state index >= 15 is 0 Å². The number of imidazole rings is 1. The minimum atomic E-state index is -0.881. The molecule has 1 saturated heterocycles. The van der Waals surface area contributed by atoms with Gasteiger partial charge in [-0.1, -0.05) is 0 Å². The van der Waals surface area contributed by atoms with Gasteiger partial charge >= 0.3 is 5.69 Å². The fourth-order valence-electron chi connectivity index (χ4n) is 3.22. The molecule has 1 atom stereocenters. The van der Waals surface area contributed by atoms with Crippen molar-refractivity contribution in [2.24, 2.45) is 14.1 Å². The Morgan fingerprint density at radius 2 is 1.92 bits per heavy atom. The van der Waals surface area contributed by atoms with Crippen LogP contribution in [0.3, 0.4) is 0 Å². The average Bonchev–Trinajstić information content (AvgIpc) is 2.77. The molecule has 7 heteroatoms. The van der Waals surface area contributed by atoms with Crippen LogP contribution >= 0.6 is 0 Å². The number of aliphatic hydroxyl groups is 2. The normalized spacial score (nSPS) is 18.7. The fraction of sp³-hybridized carbons (Fsp3) is 0.588. The van der Waals surface area contributed by atoms with Crippen LogP contribution in [0.15, 0.2) is 23.0 Å². The standard InChI is InChI=1S/C17H24N2O5/c1-18-14-4-3-13(9-15(14)19(2)16(18)21)24-11-12(20)10-17(22)5-7-23-8-6-17/h3-4,9,12,20,22H,5-8,10-11H2,1-2H3. The highest BCUT2D eigenvalue weighted by Crippen LogP contribution is 2.26. The number of hydrogen-bond acceptors (Lipinski definition) is 5. The molecule has 2 N–H and O–H groups in total. The largest absolute Gasteiger partial charge is 0.491 e. The molecule has 0 saturated carbocycles. The Morgan fingerprint density at radius 3 is 2.62 bits per heavy atom. The van der Waals surface area contributed by atoms with Gasteiger partial charge < -0.3 is 19.7 Å². The molecule has 0 amide bonds. The van der Waals surface area contributed by atoms with Crippen LogP contribution in [0.4, 0.5) is 0 Å². The van der Waals surface area contributed by atoms with Gasteiger partial charge in [0, 0.05) is 39.8 Å². The second-order valence-electron chi connectivity index (χ2n) is 6.56. The monoisotopic (exact) mass is 336 g/mol. The van der Waals surface area contributed by atoms with Crippen LogP contribution in [0.5, 0.6) is 5.75 Å². The molecular formula is C17H24N2O5. The highest BCUT2D eigenvalue weighted by molar-refractivity contribution is 5.77. The lowest BCUT2D eigenvalue weighted by Crippen LogP contribution is -2.40. The van der Waals surface area contributed by atoms with Gasteiger partial charge in [-0.2, -0.15) is 0 Å². The summed E-state index contributed by atoms with van der Waals surface area (Å²) >= 11 is 0. The van der Waals surface area contributed by atoms with Crippen molar-refractivity contribution in [3.63, 3.8) is 0 Å². The zero-order chi connectivity index (χ0) is 17.3. The number of ether oxygens (including phenoxy) is 2. The highest BCUT2D eigenvalue weighted by atomic mass is 16.5. The smallest absolute Gasteiger partial charge is 0.328 e. The van der Waals surface area contributed by atoms with E-state index in [2.05, 4.69) is 0 Å². The molecular weight excluding hydrogens is 312 g/mol. The van der Waals surface area contributed by atoms with E-state index < -0.39 is 11.7 Å². The van der Waals surface area contributed by atoms with Crippen LogP contribution in [-0.2, 0) is 18.8 Å². The SMILES string of the molecule is Cn1c(=O)n(C)c2cc(OCC(O)CC3(O)CCOCC3)ccc21. The first-order chi connectivity index (χ1) is 11.4. The predicted molar refractivity (Wildman–Crippen MR) is 89.3 cm³/mol. The van der Waals surface area contributed by atoms with E-state index in [1.807, 2.05) is 6.07 Å². The first kappa shape index (κ1) is 17.0. The van der Waals surface area contributed by atoms with E-state index in [-0.39, 0.29) is 18.7 Å². The second-order valence-corrected chi connectivity index (χ2v) is 6.56. The molecule has 2 aromatic rings. The quantitative estimate of drug-likeness (QED) is 0.833. The number of aliphatic hydroxyl groups excluding tert-OH is 1. The van der Waals surface area contributed by atoms with Crippen LogP contribution in [-0.4, -0.2) is 50.9 Å². The van der Waals surface area contributed by atoms with Crippen LogP contribution < -0.4 is 10.4 Å². The van der Waals surface area contributed by atoms with Gasteiger partial charge in [-0.05, 0) is 25.0 Å². The van der Waals surface area contributed by atoms with Crippen molar-refractivity contribution in [1.29, 1.82) is 0 Å². The van der Waals surface area contributed by atoms with Crippen LogP contribution in [0.2, 0.25) is 0 Å². The van der Waals surface area contributed by atoms with Gasteiger partial charge in [0.05, 0.1) is 22.7 Å². The third-order valence-electron chi connectivity index (χ3n) is 4.72. The number of nitrogens with zero attached hydrogens (tertiary/aromatic N) is 2. The molecule has 2 heterocycles. The van der Waals surface area contributed by atoms with Crippen molar-refractivity contribution in [3.8, 4) is 5.75 Å². The number of fused-ring (bicyclic) bond motifs is 1. The summed E-state index contributed by atoms with van der Waals surface area (Å²) in [7, 11) is 3.44. The van der Waals surface area contributed by atoms with E-state index in [4.69, 9.17) is 9.47 Å². The van der Waals surface area contributed by atoms with E-state index in [0.29, 0.717) is 31.8 Å². The number of aryl methyl sites for hydroxylation is 2.